The summed E-state index contributed by atoms with van der Waals surface area (Å²) in [4.78, 5) is 29.6. The van der Waals surface area contributed by atoms with Crippen molar-refractivity contribution in [2.24, 2.45) is 0 Å². The van der Waals surface area contributed by atoms with Gasteiger partial charge in [-0.2, -0.15) is 0 Å². The van der Waals surface area contributed by atoms with Gasteiger partial charge < -0.3 is 10.0 Å². The SMILES string of the molecule is CC1CCCN(C(=O)c2cccc(C(=O)O)n2)c2ccccc21. The van der Waals surface area contributed by atoms with E-state index < -0.39 is 5.97 Å². The maximum Gasteiger partial charge on any atom is 0.354 e. The third kappa shape index (κ3) is 2.95. The van der Waals surface area contributed by atoms with E-state index in [0.29, 0.717) is 12.5 Å². The summed E-state index contributed by atoms with van der Waals surface area (Å²) in [6.45, 7) is 2.77. The number of carbonyl (C=O) groups excluding carboxylic acids is 1. The number of fused-ring (bicyclic) bond motifs is 1. The van der Waals surface area contributed by atoms with Crippen molar-refractivity contribution < 1.29 is 14.7 Å². The number of hydrogen-bond donors (Lipinski definition) is 1. The number of aromatic carboxylic acids is 1. The molecule has 0 spiro atoms. The number of carbonyl (C=O) groups is 2. The highest BCUT2D eigenvalue weighted by Gasteiger charge is 2.26. The molecule has 2 aromatic rings. The van der Waals surface area contributed by atoms with Crippen LogP contribution in [0, 0.1) is 0 Å². The summed E-state index contributed by atoms with van der Waals surface area (Å²) in [5.41, 5.74) is 2.08. The number of benzene rings is 1. The first-order valence-corrected chi connectivity index (χ1v) is 7.69. The van der Waals surface area contributed by atoms with Crippen LogP contribution in [-0.4, -0.2) is 28.5 Å². The van der Waals surface area contributed by atoms with Crippen LogP contribution in [0.2, 0.25) is 0 Å². The van der Waals surface area contributed by atoms with Gasteiger partial charge in [0.15, 0.2) is 0 Å². The van der Waals surface area contributed by atoms with E-state index >= 15 is 0 Å². The van der Waals surface area contributed by atoms with Gasteiger partial charge in [0.2, 0.25) is 0 Å². The minimum Gasteiger partial charge on any atom is -0.477 e. The van der Waals surface area contributed by atoms with Crippen LogP contribution in [0.3, 0.4) is 0 Å². The number of carboxylic acid groups (broad SMARTS) is 1. The number of nitrogens with zero attached hydrogens (tertiary/aromatic N) is 2. The number of para-hydroxylation sites is 1. The molecule has 1 aromatic heterocycles. The highest BCUT2D eigenvalue weighted by atomic mass is 16.4. The van der Waals surface area contributed by atoms with Crippen LogP contribution < -0.4 is 4.90 Å². The number of hydrogen-bond acceptors (Lipinski definition) is 3. The summed E-state index contributed by atoms with van der Waals surface area (Å²) in [5, 5.41) is 9.05. The molecule has 0 aliphatic carbocycles. The lowest BCUT2D eigenvalue weighted by Crippen LogP contribution is -2.32. The zero-order valence-corrected chi connectivity index (χ0v) is 12.9. The quantitative estimate of drug-likeness (QED) is 0.923. The molecule has 1 aliphatic rings. The Morgan fingerprint density at radius 1 is 1.13 bits per heavy atom. The average Bonchev–Trinajstić information content (AvgIpc) is 2.74. The first-order valence-electron chi connectivity index (χ1n) is 7.69. The van der Waals surface area contributed by atoms with Crippen molar-refractivity contribution in [3.05, 3.63) is 59.4 Å². The molecule has 1 aliphatic heterocycles. The maximum absolute atomic E-state index is 12.9. The lowest BCUT2D eigenvalue weighted by atomic mass is 9.96. The fourth-order valence-electron chi connectivity index (χ4n) is 3.00. The molecule has 0 radical (unpaired) electrons. The molecule has 1 N–H and O–H groups in total. The second-order valence-corrected chi connectivity index (χ2v) is 5.77. The zero-order chi connectivity index (χ0) is 16.4. The van der Waals surface area contributed by atoms with E-state index in [0.717, 1.165) is 24.1 Å². The van der Waals surface area contributed by atoms with Gasteiger partial charge in [-0.1, -0.05) is 31.2 Å². The first-order chi connectivity index (χ1) is 11.1. The van der Waals surface area contributed by atoms with Crippen molar-refractivity contribution in [3.63, 3.8) is 0 Å². The zero-order valence-electron chi connectivity index (χ0n) is 12.9. The van der Waals surface area contributed by atoms with Crippen LogP contribution in [0.25, 0.3) is 0 Å². The van der Waals surface area contributed by atoms with Crippen LogP contribution in [-0.2, 0) is 0 Å². The van der Waals surface area contributed by atoms with Gasteiger partial charge >= 0.3 is 5.97 Å². The first kappa shape index (κ1) is 15.2. The Kier molecular flexibility index (Phi) is 4.10. The topological polar surface area (TPSA) is 70.5 Å². The molecule has 5 nitrogen and oxygen atoms in total. The predicted molar refractivity (Wildman–Crippen MR) is 87.0 cm³/mol. The molecule has 5 heteroatoms. The Hall–Kier alpha value is -2.69. The molecule has 1 amide bonds. The summed E-state index contributed by atoms with van der Waals surface area (Å²) >= 11 is 0. The fourth-order valence-corrected chi connectivity index (χ4v) is 3.00. The second-order valence-electron chi connectivity index (χ2n) is 5.77. The number of amides is 1. The molecule has 0 bridgehead atoms. The highest BCUT2D eigenvalue weighted by Crippen LogP contribution is 2.34. The molecule has 2 heterocycles. The van der Waals surface area contributed by atoms with Gasteiger partial charge in [-0.15, -0.1) is 0 Å². The minimum absolute atomic E-state index is 0.118. The molecule has 118 valence electrons. The highest BCUT2D eigenvalue weighted by molar-refractivity contribution is 6.05. The van der Waals surface area contributed by atoms with Crippen molar-refractivity contribution in [1.29, 1.82) is 0 Å². The minimum atomic E-state index is -1.13. The lowest BCUT2D eigenvalue weighted by molar-refractivity contribution is 0.0690. The van der Waals surface area contributed by atoms with E-state index in [1.165, 1.54) is 6.07 Å². The average molecular weight is 310 g/mol. The standard InChI is InChI=1S/C18H18N2O3/c1-12-6-5-11-20(16-10-3-2-7-13(12)16)17(21)14-8-4-9-15(19-14)18(22)23/h2-4,7-10,12H,5-6,11H2,1H3,(H,22,23). The lowest BCUT2D eigenvalue weighted by Gasteiger charge is -2.23. The monoisotopic (exact) mass is 310 g/mol. The summed E-state index contributed by atoms with van der Waals surface area (Å²) < 4.78 is 0. The summed E-state index contributed by atoms with van der Waals surface area (Å²) in [7, 11) is 0. The Morgan fingerprint density at radius 2 is 1.87 bits per heavy atom. The largest absolute Gasteiger partial charge is 0.477 e. The molecular weight excluding hydrogens is 292 g/mol. The van der Waals surface area contributed by atoms with Crippen molar-refractivity contribution >= 4 is 17.6 Å². The molecule has 0 fully saturated rings. The van der Waals surface area contributed by atoms with Gasteiger partial charge in [-0.05, 0) is 42.5 Å². The van der Waals surface area contributed by atoms with Crippen molar-refractivity contribution in [2.75, 3.05) is 11.4 Å². The Labute approximate surface area is 134 Å². The van der Waals surface area contributed by atoms with Gasteiger partial charge in [-0.3, -0.25) is 4.79 Å². The number of carboxylic acids is 1. The van der Waals surface area contributed by atoms with E-state index in [9.17, 15) is 9.59 Å². The Balaban J connectivity index is 2.00. The predicted octanol–water partition coefficient (Wildman–Crippen LogP) is 3.32. The molecule has 3 rings (SSSR count). The Morgan fingerprint density at radius 3 is 2.65 bits per heavy atom. The van der Waals surface area contributed by atoms with Crippen LogP contribution in [0.4, 0.5) is 5.69 Å². The molecule has 1 atom stereocenters. The van der Waals surface area contributed by atoms with E-state index in [1.807, 2.05) is 24.3 Å². The van der Waals surface area contributed by atoms with Crippen LogP contribution in [0.5, 0.6) is 0 Å². The van der Waals surface area contributed by atoms with E-state index in [1.54, 1.807) is 17.0 Å². The molecule has 1 unspecified atom stereocenters. The maximum atomic E-state index is 12.9. The van der Waals surface area contributed by atoms with Gasteiger partial charge in [0.25, 0.3) is 5.91 Å². The van der Waals surface area contributed by atoms with Gasteiger partial charge in [0.05, 0.1) is 0 Å². The third-order valence-electron chi connectivity index (χ3n) is 4.21. The molecule has 0 saturated heterocycles. The normalized spacial score (nSPS) is 17.3. The number of anilines is 1. The van der Waals surface area contributed by atoms with Crippen molar-refractivity contribution in [3.8, 4) is 0 Å². The number of aromatic nitrogens is 1. The Bertz CT molecular complexity index is 757. The molecule has 0 saturated carbocycles. The number of pyridine rings is 1. The van der Waals surface area contributed by atoms with Crippen molar-refractivity contribution in [2.45, 2.75) is 25.7 Å². The summed E-state index contributed by atoms with van der Waals surface area (Å²) in [6.07, 6.45) is 1.92. The van der Waals surface area contributed by atoms with Crippen LogP contribution in [0.1, 0.15) is 52.2 Å². The van der Waals surface area contributed by atoms with Crippen LogP contribution in [0.15, 0.2) is 42.5 Å². The third-order valence-corrected chi connectivity index (χ3v) is 4.21. The fraction of sp³-hybridized carbons (Fsp3) is 0.278. The van der Waals surface area contributed by atoms with E-state index in [4.69, 9.17) is 5.11 Å². The summed E-state index contributed by atoms with van der Waals surface area (Å²) in [6, 6.07) is 12.4. The number of rotatable bonds is 2. The van der Waals surface area contributed by atoms with Gasteiger partial charge in [0.1, 0.15) is 11.4 Å². The van der Waals surface area contributed by atoms with E-state index in [-0.39, 0.29) is 17.3 Å². The van der Waals surface area contributed by atoms with E-state index in [2.05, 4.69) is 11.9 Å². The van der Waals surface area contributed by atoms with Gasteiger partial charge in [-0.25, -0.2) is 9.78 Å². The van der Waals surface area contributed by atoms with Crippen LogP contribution >= 0.6 is 0 Å². The van der Waals surface area contributed by atoms with Crippen molar-refractivity contribution in [1.82, 2.24) is 4.98 Å². The summed E-state index contributed by atoms with van der Waals surface area (Å²) in [5.74, 6) is -0.999. The van der Waals surface area contributed by atoms with Gasteiger partial charge in [0, 0.05) is 12.2 Å². The molecule has 1 aromatic carbocycles. The smallest absolute Gasteiger partial charge is 0.354 e. The second kappa shape index (κ2) is 6.20. The molecule has 23 heavy (non-hydrogen) atoms. The molecular formula is C18H18N2O3.